The van der Waals surface area contributed by atoms with E-state index in [4.69, 9.17) is 5.73 Å². The van der Waals surface area contributed by atoms with Crippen molar-refractivity contribution in [3.05, 3.63) is 33.1 Å². The van der Waals surface area contributed by atoms with Crippen LogP contribution in [0.25, 0.3) is 11.3 Å². The number of benzene rings is 1. The number of hydrogen-bond donors (Lipinski definition) is 1. The third-order valence-corrected chi connectivity index (χ3v) is 3.42. The average molecular weight is 331 g/mol. The first-order valence-corrected chi connectivity index (χ1v) is 5.83. The van der Waals surface area contributed by atoms with Gasteiger partial charge in [-0.25, -0.2) is 4.39 Å². The molecule has 0 amide bonds. The van der Waals surface area contributed by atoms with Crippen molar-refractivity contribution in [1.82, 2.24) is 9.78 Å². The van der Waals surface area contributed by atoms with E-state index in [1.54, 1.807) is 17.8 Å². The Morgan fingerprint density at radius 2 is 2.12 bits per heavy atom. The van der Waals surface area contributed by atoms with Crippen LogP contribution in [-0.2, 0) is 7.05 Å². The molecule has 2 aromatic rings. The smallest absolute Gasteiger partial charge is 0.124 e. The Morgan fingerprint density at radius 3 is 2.62 bits per heavy atom. The summed E-state index contributed by atoms with van der Waals surface area (Å²) >= 11 is 2.10. The van der Waals surface area contributed by atoms with E-state index in [0.717, 1.165) is 20.4 Å². The molecular formula is C11H11FIN3. The first-order chi connectivity index (χ1) is 7.50. The molecule has 0 atom stereocenters. The summed E-state index contributed by atoms with van der Waals surface area (Å²) in [6.07, 6.45) is 0. The van der Waals surface area contributed by atoms with Crippen LogP contribution in [0.1, 0.15) is 5.56 Å². The molecule has 5 heteroatoms. The summed E-state index contributed by atoms with van der Waals surface area (Å²) in [6, 6.07) is 4.65. The summed E-state index contributed by atoms with van der Waals surface area (Å²) in [6.45, 7) is 1.91. The zero-order valence-electron chi connectivity index (χ0n) is 8.96. The van der Waals surface area contributed by atoms with Gasteiger partial charge in [-0.15, -0.1) is 0 Å². The van der Waals surface area contributed by atoms with Crippen LogP contribution < -0.4 is 5.73 Å². The summed E-state index contributed by atoms with van der Waals surface area (Å²) in [5.41, 5.74) is 8.49. The van der Waals surface area contributed by atoms with Gasteiger partial charge in [0.1, 0.15) is 11.6 Å². The number of nitrogen functional groups attached to an aromatic ring is 1. The van der Waals surface area contributed by atoms with Crippen LogP contribution in [0.5, 0.6) is 0 Å². The minimum Gasteiger partial charge on any atom is -0.384 e. The van der Waals surface area contributed by atoms with Gasteiger partial charge in [0.25, 0.3) is 0 Å². The van der Waals surface area contributed by atoms with Crippen molar-refractivity contribution in [3.63, 3.8) is 0 Å². The van der Waals surface area contributed by atoms with Gasteiger partial charge in [0.15, 0.2) is 0 Å². The maximum Gasteiger partial charge on any atom is 0.124 e. The number of halogens is 2. The maximum absolute atomic E-state index is 13.0. The highest BCUT2D eigenvalue weighted by Gasteiger charge is 2.14. The molecule has 0 saturated heterocycles. The molecule has 0 spiro atoms. The summed E-state index contributed by atoms with van der Waals surface area (Å²) in [5.74, 6) is 0.393. The average Bonchev–Trinajstić information content (AvgIpc) is 2.46. The molecule has 0 aliphatic carbocycles. The van der Waals surface area contributed by atoms with E-state index >= 15 is 0 Å². The zero-order chi connectivity index (χ0) is 11.9. The number of aryl methyl sites for hydroxylation is 1. The highest BCUT2D eigenvalue weighted by molar-refractivity contribution is 14.1. The standard InChI is InChI=1S/C11H11FIN3/c1-6-10(15-16(2)11(6)14)8-4-3-7(12)5-9(8)13/h3-5H,14H2,1-2H3. The molecule has 1 aromatic heterocycles. The minimum atomic E-state index is -0.241. The van der Waals surface area contributed by atoms with Crippen LogP contribution in [0, 0.1) is 16.3 Å². The number of rotatable bonds is 1. The topological polar surface area (TPSA) is 43.8 Å². The Kier molecular flexibility index (Phi) is 2.88. The van der Waals surface area contributed by atoms with E-state index in [-0.39, 0.29) is 5.82 Å². The van der Waals surface area contributed by atoms with E-state index in [1.165, 1.54) is 12.1 Å². The Hall–Kier alpha value is -1.11. The predicted octanol–water partition coefficient (Wildman–Crippen LogP) is 2.72. The zero-order valence-corrected chi connectivity index (χ0v) is 11.1. The van der Waals surface area contributed by atoms with Crippen LogP contribution in [0.2, 0.25) is 0 Å². The highest BCUT2D eigenvalue weighted by Crippen LogP contribution is 2.29. The van der Waals surface area contributed by atoms with Gasteiger partial charge in [0.2, 0.25) is 0 Å². The predicted molar refractivity (Wildman–Crippen MR) is 70.5 cm³/mol. The van der Waals surface area contributed by atoms with Gasteiger partial charge in [0, 0.05) is 21.7 Å². The van der Waals surface area contributed by atoms with Crippen molar-refractivity contribution in [2.75, 3.05) is 5.73 Å². The quantitative estimate of drug-likeness (QED) is 0.817. The first-order valence-electron chi connectivity index (χ1n) is 4.75. The van der Waals surface area contributed by atoms with E-state index in [9.17, 15) is 4.39 Å². The fourth-order valence-corrected chi connectivity index (χ4v) is 2.31. The Bertz CT molecular complexity index is 548. The largest absolute Gasteiger partial charge is 0.384 e. The summed E-state index contributed by atoms with van der Waals surface area (Å²) in [4.78, 5) is 0. The van der Waals surface area contributed by atoms with Gasteiger partial charge in [-0.2, -0.15) is 5.10 Å². The van der Waals surface area contributed by atoms with Crippen LogP contribution in [0.15, 0.2) is 18.2 Å². The molecular weight excluding hydrogens is 320 g/mol. The lowest BCUT2D eigenvalue weighted by Crippen LogP contribution is -1.97. The van der Waals surface area contributed by atoms with Crippen molar-refractivity contribution < 1.29 is 4.39 Å². The Morgan fingerprint density at radius 1 is 1.44 bits per heavy atom. The van der Waals surface area contributed by atoms with E-state index in [2.05, 4.69) is 27.7 Å². The van der Waals surface area contributed by atoms with Crippen molar-refractivity contribution in [3.8, 4) is 11.3 Å². The van der Waals surface area contributed by atoms with E-state index < -0.39 is 0 Å². The second kappa shape index (κ2) is 4.04. The molecule has 1 heterocycles. The molecule has 16 heavy (non-hydrogen) atoms. The molecule has 84 valence electrons. The summed E-state index contributed by atoms with van der Waals surface area (Å²) < 4.78 is 15.5. The van der Waals surface area contributed by atoms with Crippen molar-refractivity contribution in [2.45, 2.75) is 6.92 Å². The van der Waals surface area contributed by atoms with Gasteiger partial charge in [-0.05, 0) is 47.7 Å². The number of aromatic nitrogens is 2. The number of hydrogen-bond acceptors (Lipinski definition) is 2. The van der Waals surface area contributed by atoms with Gasteiger partial charge in [0.05, 0.1) is 5.69 Å². The second-order valence-electron chi connectivity index (χ2n) is 3.61. The van der Waals surface area contributed by atoms with Crippen LogP contribution in [0.3, 0.4) is 0 Å². The highest BCUT2D eigenvalue weighted by atomic mass is 127. The van der Waals surface area contributed by atoms with Crippen LogP contribution in [0.4, 0.5) is 10.2 Å². The second-order valence-corrected chi connectivity index (χ2v) is 4.77. The number of nitrogens with two attached hydrogens (primary N) is 1. The summed E-state index contributed by atoms with van der Waals surface area (Å²) in [5, 5.41) is 4.33. The molecule has 1 aromatic carbocycles. The number of nitrogens with zero attached hydrogens (tertiary/aromatic N) is 2. The monoisotopic (exact) mass is 331 g/mol. The molecule has 0 aliphatic rings. The lowest BCUT2D eigenvalue weighted by molar-refractivity contribution is 0.627. The van der Waals surface area contributed by atoms with Gasteiger partial charge >= 0.3 is 0 Å². The molecule has 0 aliphatic heterocycles. The van der Waals surface area contributed by atoms with E-state index in [0.29, 0.717) is 5.82 Å². The Labute approximate surface area is 107 Å². The fourth-order valence-electron chi connectivity index (χ4n) is 1.58. The number of anilines is 1. The maximum atomic E-state index is 13.0. The molecule has 2 N–H and O–H groups in total. The molecule has 0 unspecified atom stereocenters. The molecule has 0 bridgehead atoms. The van der Waals surface area contributed by atoms with Crippen LogP contribution in [-0.4, -0.2) is 9.78 Å². The normalized spacial score (nSPS) is 10.8. The van der Waals surface area contributed by atoms with Crippen LogP contribution >= 0.6 is 22.6 Å². The van der Waals surface area contributed by atoms with Crippen molar-refractivity contribution in [1.29, 1.82) is 0 Å². The molecule has 0 fully saturated rings. The third kappa shape index (κ3) is 1.79. The fraction of sp³-hybridized carbons (Fsp3) is 0.182. The lowest BCUT2D eigenvalue weighted by atomic mass is 10.1. The van der Waals surface area contributed by atoms with Crippen molar-refractivity contribution >= 4 is 28.4 Å². The molecule has 0 radical (unpaired) electrons. The first kappa shape index (κ1) is 11.4. The molecule has 0 saturated carbocycles. The van der Waals surface area contributed by atoms with Gasteiger partial charge < -0.3 is 5.73 Å². The van der Waals surface area contributed by atoms with Crippen molar-refractivity contribution in [2.24, 2.45) is 7.05 Å². The third-order valence-electron chi connectivity index (χ3n) is 2.52. The van der Waals surface area contributed by atoms with Gasteiger partial charge in [-0.3, -0.25) is 4.68 Å². The van der Waals surface area contributed by atoms with Gasteiger partial charge in [-0.1, -0.05) is 0 Å². The Balaban J connectivity index is 2.63. The summed E-state index contributed by atoms with van der Waals surface area (Å²) in [7, 11) is 1.79. The SMILES string of the molecule is Cc1c(-c2ccc(F)cc2I)nn(C)c1N. The molecule has 2 rings (SSSR count). The molecule has 3 nitrogen and oxygen atoms in total. The minimum absolute atomic E-state index is 0.241. The lowest BCUT2D eigenvalue weighted by Gasteiger charge is -2.02. The van der Waals surface area contributed by atoms with E-state index in [1.807, 2.05) is 6.92 Å².